The molecule has 8 heteroatoms. The zero-order chi connectivity index (χ0) is 21.8. The number of hydrogen-bond donors (Lipinski definition) is 0. The van der Waals surface area contributed by atoms with E-state index in [0.29, 0.717) is 25.4 Å². The molecule has 1 saturated carbocycles. The van der Waals surface area contributed by atoms with Crippen LogP contribution in [0.5, 0.6) is 0 Å². The van der Waals surface area contributed by atoms with Crippen molar-refractivity contribution in [2.75, 3.05) is 50.0 Å². The Morgan fingerprint density at radius 1 is 1.03 bits per heavy atom. The first-order valence-corrected chi connectivity index (χ1v) is 13.7. The van der Waals surface area contributed by atoms with E-state index in [1.54, 1.807) is 4.31 Å². The molecule has 0 amide bonds. The summed E-state index contributed by atoms with van der Waals surface area (Å²) in [7, 11) is -3.04. The fraction of sp³-hybridized carbons (Fsp3) is 0.826. The van der Waals surface area contributed by atoms with E-state index in [1.165, 1.54) is 19.3 Å². The summed E-state index contributed by atoms with van der Waals surface area (Å²) in [4.78, 5) is 11.3. The van der Waals surface area contributed by atoms with Gasteiger partial charge in [0.15, 0.2) is 0 Å². The van der Waals surface area contributed by atoms with Crippen molar-refractivity contribution >= 4 is 16.0 Å². The Morgan fingerprint density at radius 2 is 1.71 bits per heavy atom. The minimum absolute atomic E-state index is 0.272. The molecule has 0 N–H and O–H groups in total. The van der Waals surface area contributed by atoms with Crippen molar-refractivity contribution < 1.29 is 13.2 Å². The third-order valence-electron chi connectivity index (χ3n) is 7.29. The second-order valence-electron chi connectivity index (χ2n) is 9.74. The minimum Gasteiger partial charge on any atom is -0.381 e. The largest absolute Gasteiger partial charge is 0.381 e. The molecule has 1 aromatic rings. The molecule has 4 rings (SSSR count). The molecule has 0 radical (unpaired) electrons. The Bertz CT molecular complexity index is 801. The van der Waals surface area contributed by atoms with Crippen LogP contribution in [-0.4, -0.2) is 67.8 Å². The fourth-order valence-corrected chi connectivity index (χ4v) is 6.79. The molecule has 0 aromatic carbocycles. The van der Waals surface area contributed by atoms with Gasteiger partial charge in [-0.1, -0.05) is 6.92 Å². The predicted molar refractivity (Wildman–Crippen MR) is 122 cm³/mol. The molecule has 0 bridgehead atoms. The summed E-state index contributed by atoms with van der Waals surface area (Å²) in [6, 6.07) is 0. The van der Waals surface area contributed by atoms with Crippen molar-refractivity contribution in [2.45, 2.75) is 52.4 Å². The van der Waals surface area contributed by atoms with Crippen LogP contribution in [0.3, 0.4) is 0 Å². The van der Waals surface area contributed by atoms with E-state index in [4.69, 9.17) is 4.74 Å². The molecule has 1 aromatic heterocycles. The maximum absolute atomic E-state index is 12.2. The molecular formula is C23H38N4O3S. The first kappa shape index (κ1) is 22.9. The molecule has 2 saturated heterocycles. The van der Waals surface area contributed by atoms with Gasteiger partial charge in [0, 0.05) is 51.8 Å². The number of nitrogens with zero attached hydrogens (tertiary/aromatic N) is 4. The molecule has 1 aliphatic carbocycles. The van der Waals surface area contributed by atoms with Crippen molar-refractivity contribution in [3.05, 3.63) is 18.0 Å². The highest BCUT2D eigenvalue weighted by atomic mass is 32.2. The van der Waals surface area contributed by atoms with E-state index in [9.17, 15) is 8.42 Å². The number of hydrogen-bond acceptors (Lipinski definition) is 6. The SMILES string of the molecule is CCCS(=O)(=O)N1CCC(COC[C@@H]2C[C@@H]2C2CCN(c3ncc(C)cn3)CC2)CC1. The second-order valence-corrected chi connectivity index (χ2v) is 11.8. The van der Waals surface area contributed by atoms with Crippen molar-refractivity contribution in [3.63, 3.8) is 0 Å². The Labute approximate surface area is 187 Å². The van der Waals surface area contributed by atoms with E-state index in [0.717, 1.165) is 68.4 Å². The third-order valence-corrected chi connectivity index (χ3v) is 9.36. The van der Waals surface area contributed by atoms with Crippen molar-refractivity contribution in [2.24, 2.45) is 23.7 Å². The quantitative estimate of drug-likeness (QED) is 0.575. The van der Waals surface area contributed by atoms with Gasteiger partial charge in [-0.3, -0.25) is 0 Å². The molecule has 3 fully saturated rings. The zero-order valence-electron chi connectivity index (χ0n) is 19.1. The van der Waals surface area contributed by atoms with Crippen LogP contribution in [-0.2, 0) is 14.8 Å². The summed E-state index contributed by atoms with van der Waals surface area (Å²) < 4.78 is 32.1. The monoisotopic (exact) mass is 450 g/mol. The highest BCUT2D eigenvalue weighted by Crippen LogP contribution is 2.48. The first-order chi connectivity index (χ1) is 15.0. The zero-order valence-corrected chi connectivity index (χ0v) is 19.9. The summed E-state index contributed by atoms with van der Waals surface area (Å²) >= 11 is 0. The van der Waals surface area contributed by atoms with Crippen LogP contribution >= 0.6 is 0 Å². The average Bonchev–Trinajstić information content (AvgIpc) is 3.54. The van der Waals surface area contributed by atoms with E-state index in [-0.39, 0.29) is 5.75 Å². The predicted octanol–water partition coefficient (Wildman–Crippen LogP) is 3.11. The van der Waals surface area contributed by atoms with E-state index in [1.807, 2.05) is 26.2 Å². The lowest BCUT2D eigenvalue weighted by molar-refractivity contribution is 0.0684. The molecule has 0 spiro atoms. The van der Waals surface area contributed by atoms with Crippen LogP contribution < -0.4 is 4.90 Å². The minimum atomic E-state index is -3.04. The van der Waals surface area contributed by atoms with Gasteiger partial charge < -0.3 is 9.64 Å². The molecule has 31 heavy (non-hydrogen) atoms. The van der Waals surface area contributed by atoms with E-state index >= 15 is 0 Å². The summed E-state index contributed by atoms with van der Waals surface area (Å²) in [5.74, 6) is 3.99. The van der Waals surface area contributed by atoms with Gasteiger partial charge in [-0.05, 0) is 74.7 Å². The number of aryl methyl sites for hydroxylation is 1. The molecule has 7 nitrogen and oxygen atoms in total. The number of sulfonamides is 1. The number of anilines is 1. The maximum Gasteiger partial charge on any atom is 0.225 e. The van der Waals surface area contributed by atoms with Gasteiger partial charge in [0.2, 0.25) is 16.0 Å². The van der Waals surface area contributed by atoms with Gasteiger partial charge in [0.1, 0.15) is 0 Å². The highest BCUT2D eigenvalue weighted by molar-refractivity contribution is 7.89. The Balaban J connectivity index is 1.11. The van der Waals surface area contributed by atoms with Gasteiger partial charge >= 0.3 is 0 Å². The van der Waals surface area contributed by atoms with Gasteiger partial charge in [0.25, 0.3) is 0 Å². The van der Waals surface area contributed by atoms with Gasteiger partial charge in [-0.25, -0.2) is 22.7 Å². The first-order valence-electron chi connectivity index (χ1n) is 12.1. The smallest absolute Gasteiger partial charge is 0.225 e. The van der Waals surface area contributed by atoms with Crippen molar-refractivity contribution in [3.8, 4) is 0 Å². The summed E-state index contributed by atoms with van der Waals surface area (Å²) in [6.07, 6.45) is 10.1. The van der Waals surface area contributed by atoms with Crippen LogP contribution in [0.25, 0.3) is 0 Å². The lowest BCUT2D eigenvalue weighted by atomic mass is 9.91. The lowest BCUT2D eigenvalue weighted by Crippen LogP contribution is -2.40. The molecule has 174 valence electrons. The van der Waals surface area contributed by atoms with Crippen molar-refractivity contribution in [1.29, 1.82) is 0 Å². The van der Waals surface area contributed by atoms with Crippen molar-refractivity contribution in [1.82, 2.24) is 14.3 Å². The topological polar surface area (TPSA) is 75.6 Å². The molecule has 0 unspecified atom stereocenters. The normalized spacial score (nSPS) is 26.3. The Hall–Kier alpha value is -1.25. The molecule has 3 aliphatic rings. The van der Waals surface area contributed by atoms with Crippen LogP contribution in [0.4, 0.5) is 5.95 Å². The molecule has 3 heterocycles. The van der Waals surface area contributed by atoms with Crippen LogP contribution in [0, 0.1) is 30.6 Å². The lowest BCUT2D eigenvalue weighted by Gasteiger charge is -2.32. The number of piperidine rings is 2. The van der Waals surface area contributed by atoms with Crippen LogP contribution in [0.15, 0.2) is 12.4 Å². The molecular weight excluding hydrogens is 412 g/mol. The van der Waals surface area contributed by atoms with Gasteiger partial charge in [-0.2, -0.15) is 0 Å². The maximum atomic E-state index is 12.2. The van der Waals surface area contributed by atoms with E-state index in [2.05, 4.69) is 14.9 Å². The average molecular weight is 451 g/mol. The molecule has 2 atom stereocenters. The third kappa shape index (κ3) is 5.96. The Kier molecular flexibility index (Phi) is 7.49. The number of rotatable bonds is 9. The van der Waals surface area contributed by atoms with Gasteiger partial charge in [0.05, 0.1) is 5.75 Å². The highest BCUT2D eigenvalue weighted by Gasteiger charge is 2.43. The van der Waals surface area contributed by atoms with Crippen LogP contribution in [0.2, 0.25) is 0 Å². The standard InChI is InChI=1S/C23H38N4O3S/c1-3-12-31(28,29)27-10-4-19(5-11-27)16-30-17-21-13-22(21)20-6-8-26(9-7-20)23-24-14-18(2)15-25-23/h14-15,19-22H,3-13,16-17H2,1-2H3/t21-,22+/m0/s1. The Morgan fingerprint density at radius 3 is 2.35 bits per heavy atom. The van der Waals surface area contributed by atoms with Crippen LogP contribution in [0.1, 0.15) is 51.0 Å². The number of ether oxygens (including phenoxy) is 1. The summed E-state index contributed by atoms with van der Waals surface area (Å²) in [5, 5.41) is 0. The number of aromatic nitrogens is 2. The fourth-order valence-electron chi connectivity index (χ4n) is 5.24. The molecule has 2 aliphatic heterocycles. The second kappa shape index (κ2) is 10.1. The summed E-state index contributed by atoms with van der Waals surface area (Å²) in [6.45, 7) is 9.03. The summed E-state index contributed by atoms with van der Waals surface area (Å²) in [5.41, 5.74) is 1.10. The van der Waals surface area contributed by atoms with Gasteiger partial charge in [-0.15, -0.1) is 0 Å². The van der Waals surface area contributed by atoms with E-state index < -0.39 is 10.0 Å².